The smallest absolute Gasteiger partial charge is 0.283 e. The van der Waals surface area contributed by atoms with Crippen LogP contribution < -0.4 is 0 Å². The molecule has 3 rings (SSSR count). The molecular formula is C27H32N4O5S. The van der Waals surface area contributed by atoms with Gasteiger partial charge < -0.3 is 14.7 Å². The van der Waals surface area contributed by atoms with Gasteiger partial charge in [-0.25, -0.2) is 0 Å². The molecule has 0 aromatic heterocycles. The molecule has 0 N–H and O–H groups in total. The normalized spacial score (nSPS) is 15.8. The fraction of sp³-hybridized carbons (Fsp3) is 0.370. The van der Waals surface area contributed by atoms with E-state index in [0.717, 1.165) is 10.5 Å². The maximum absolute atomic E-state index is 12.9. The molecular weight excluding hydrogens is 492 g/mol. The molecule has 196 valence electrons. The second-order valence-electron chi connectivity index (χ2n) is 9.36. The zero-order chi connectivity index (χ0) is 27.3. The summed E-state index contributed by atoms with van der Waals surface area (Å²) < 4.78 is 0. The highest BCUT2D eigenvalue weighted by atomic mass is 32.2. The number of amides is 3. The Kier molecular flexibility index (Phi) is 9.09. The molecule has 10 heteroatoms. The van der Waals surface area contributed by atoms with Crippen molar-refractivity contribution in [2.24, 2.45) is 0 Å². The predicted octanol–water partition coefficient (Wildman–Crippen LogP) is 4.03. The highest BCUT2D eigenvalue weighted by molar-refractivity contribution is 7.99. The van der Waals surface area contributed by atoms with Crippen molar-refractivity contribution in [3.63, 3.8) is 0 Å². The summed E-state index contributed by atoms with van der Waals surface area (Å²) in [6.07, 6.45) is 2.88. The van der Waals surface area contributed by atoms with Gasteiger partial charge in [0.25, 0.3) is 5.69 Å². The summed E-state index contributed by atoms with van der Waals surface area (Å²) in [4.78, 5) is 54.8. The Balaban J connectivity index is 1.78. The van der Waals surface area contributed by atoms with Crippen molar-refractivity contribution in [2.75, 3.05) is 33.7 Å². The van der Waals surface area contributed by atoms with Gasteiger partial charge in [-0.05, 0) is 35.3 Å². The minimum absolute atomic E-state index is 0.0372. The van der Waals surface area contributed by atoms with Gasteiger partial charge in [0.2, 0.25) is 17.7 Å². The third-order valence-corrected chi connectivity index (χ3v) is 7.34. The highest BCUT2D eigenvalue weighted by Gasteiger charge is 2.36. The number of rotatable bonds is 7. The van der Waals surface area contributed by atoms with E-state index in [1.807, 2.05) is 24.3 Å². The largest absolute Gasteiger partial charge is 0.347 e. The molecule has 0 spiro atoms. The van der Waals surface area contributed by atoms with E-state index in [1.165, 1.54) is 51.6 Å². The summed E-state index contributed by atoms with van der Waals surface area (Å²) >= 11 is 1.35. The van der Waals surface area contributed by atoms with E-state index < -0.39 is 11.0 Å². The molecule has 0 saturated carbocycles. The van der Waals surface area contributed by atoms with Crippen LogP contribution in [0.1, 0.15) is 37.8 Å². The van der Waals surface area contributed by atoms with Crippen molar-refractivity contribution in [1.29, 1.82) is 0 Å². The standard InChI is InChI=1S/C27H32N4O5S/c1-18(2)21-8-6-7-9-24(21)37-25-12-10-20(16-22(25)31(35)36)11-13-26(33)29-14-15-30(19(3)32)23(17-29)27(34)28(4)5/h6-13,16,18,23H,14-15,17H2,1-5H3. The number of nitro benzene ring substituents is 1. The number of likely N-dealkylation sites (N-methyl/N-ethyl adjacent to an activating group) is 1. The lowest BCUT2D eigenvalue weighted by Gasteiger charge is -2.40. The Bertz CT molecular complexity index is 1230. The Morgan fingerprint density at radius 1 is 1.11 bits per heavy atom. The van der Waals surface area contributed by atoms with Crippen molar-refractivity contribution in [2.45, 2.75) is 42.5 Å². The number of benzene rings is 2. The molecule has 2 aromatic carbocycles. The molecule has 1 heterocycles. The van der Waals surface area contributed by atoms with Crippen LogP contribution in [0.3, 0.4) is 0 Å². The van der Waals surface area contributed by atoms with E-state index in [1.54, 1.807) is 26.2 Å². The van der Waals surface area contributed by atoms with Crippen LogP contribution in [-0.4, -0.2) is 77.1 Å². The fourth-order valence-electron chi connectivity index (χ4n) is 4.18. The molecule has 1 aliphatic heterocycles. The Morgan fingerprint density at radius 3 is 2.43 bits per heavy atom. The van der Waals surface area contributed by atoms with Gasteiger partial charge in [0, 0.05) is 51.1 Å². The van der Waals surface area contributed by atoms with E-state index in [0.29, 0.717) is 17.0 Å². The second kappa shape index (κ2) is 12.1. The molecule has 1 unspecified atom stereocenters. The van der Waals surface area contributed by atoms with Gasteiger partial charge in [-0.15, -0.1) is 0 Å². The van der Waals surface area contributed by atoms with Crippen LogP contribution in [0.4, 0.5) is 5.69 Å². The monoisotopic (exact) mass is 524 g/mol. The number of nitrogens with zero attached hydrogens (tertiary/aromatic N) is 4. The maximum atomic E-state index is 12.9. The number of nitro groups is 1. The van der Waals surface area contributed by atoms with Gasteiger partial charge in [0.15, 0.2) is 0 Å². The molecule has 0 bridgehead atoms. The highest BCUT2D eigenvalue weighted by Crippen LogP contribution is 2.39. The van der Waals surface area contributed by atoms with E-state index in [-0.39, 0.29) is 42.4 Å². The quantitative estimate of drug-likeness (QED) is 0.308. The first-order valence-electron chi connectivity index (χ1n) is 12.0. The van der Waals surface area contributed by atoms with Crippen LogP contribution in [0.5, 0.6) is 0 Å². The van der Waals surface area contributed by atoms with Crippen molar-refractivity contribution in [1.82, 2.24) is 14.7 Å². The third-order valence-electron chi connectivity index (χ3n) is 6.18. The van der Waals surface area contributed by atoms with Crippen LogP contribution in [0.25, 0.3) is 6.08 Å². The Morgan fingerprint density at radius 2 is 1.81 bits per heavy atom. The van der Waals surface area contributed by atoms with E-state index in [4.69, 9.17) is 0 Å². The van der Waals surface area contributed by atoms with Gasteiger partial charge in [0.05, 0.1) is 16.4 Å². The molecule has 2 aromatic rings. The minimum Gasteiger partial charge on any atom is -0.347 e. The average molecular weight is 525 g/mol. The van der Waals surface area contributed by atoms with Gasteiger partial charge >= 0.3 is 0 Å². The molecule has 0 aliphatic carbocycles. The molecule has 1 aliphatic rings. The zero-order valence-corrected chi connectivity index (χ0v) is 22.5. The third kappa shape index (κ3) is 6.76. The van der Waals surface area contributed by atoms with E-state index in [9.17, 15) is 24.5 Å². The predicted molar refractivity (Wildman–Crippen MR) is 143 cm³/mol. The Labute approximate surface area is 221 Å². The van der Waals surface area contributed by atoms with Gasteiger partial charge in [-0.1, -0.05) is 49.9 Å². The summed E-state index contributed by atoms with van der Waals surface area (Å²) in [6, 6.07) is 12.0. The summed E-state index contributed by atoms with van der Waals surface area (Å²) in [5.74, 6) is -0.517. The molecule has 0 radical (unpaired) electrons. The molecule has 37 heavy (non-hydrogen) atoms. The van der Waals surface area contributed by atoms with Crippen LogP contribution in [0.2, 0.25) is 0 Å². The lowest BCUT2D eigenvalue weighted by Crippen LogP contribution is -2.60. The topological polar surface area (TPSA) is 104 Å². The first kappa shape index (κ1) is 27.9. The maximum Gasteiger partial charge on any atom is 0.283 e. The summed E-state index contributed by atoms with van der Waals surface area (Å²) in [7, 11) is 3.22. The van der Waals surface area contributed by atoms with E-state index >= 15 is 0 Å². The molecule has 9 nitrogen and oxygen atoms in total. The Hall–Kier alpha value is -3.66. The minimum atomic E-state index is -0.746. The SMILES string of the molecule is CC(=O)N1CCN(C(=O)C=Cc2ccc(Sc3ccccc3C(C)C)c([N+](=O)[O-])c2)CC1C(=O)N(C)C. The summed E-state index contributed by atoms with van der Waals surface area (Å²) in [5.41, 5.74) is 1.60. The number of hydrogen-bond acceptors (Lipinski definition) is 6. The summed E-state index contributed by atoms with van der Waals surface area (Å²) in [5, 5.41) is 11.8. The van der Waals surface area contributed by atoms with Crippen LogP contribution >= 0.6 is 11.8 Å². The lowest BCUT2D eigenvalue weighted by molar-refractivity contribution is -0.387. The zero-order valence-electron chi connectivity index (χ0n) is 21.7. The number of carbonyl (C=O) groups is 3. The number of carbonyl (C=O) groups excluding carboxylic acids is 3. The molecule has 1 atom stereocenters. The molecule has 1 fully saturated rings. The van der Waals surface area contributed by atoms with Gasteiger partial charge in [-0.3, -0.25) is 24.5 Å². The van der Waals surface area contributed by atoms with Gasteiger partial charge in [0.1, 0.15) is 6.04 Å². The summed E-state index contributed by atoms with van der Waals surface area (Å²) in [6.45, 7) is 6.21. The fourth-order valence-corrected chi connectivity index (χ4v) is 5.36. The first-order chi connectivity index (χ1) is 17.5. The van der Waals surface area contributed by atoms with Crippen molar-refractivity contribution >= 4 is 41.2 Å². The average Bonchev–Trinajstić information content (AvgIpc) is 2.86. The van der Waals surface area contributed by atoms with Gasteiger partial charge in [-0.2, -0.15) is 0 Å². The molecule has 3 amide bonds. The van der Waals surface area contributed by atoms with Crippen molar-refractivity contribution in [3.8, 4) is 0 Å². The lowest BCUT2D eigenvalue weighted by atomic mass is 10.0. The van der Waals surface area contributed by atoms with Crippen molar-refractivity contribution in [3.05, 3.63) is 69.8 Å². The number of hydrogen-bond donors (Lipinski definition) is 0. The molecule has 1 saturated heterocycles. The van der Waals surface area contributed by atoms with E-state index in [2.05, 4.69) is 13.8 Å². The van der Waals surface area contributed by atoms with Crippen molar-refractivity contribution < 1.29 is 19.3 Å². The second-order valence-corrected chi connectivity index (χ2v) is 10.4. The van der Waals surface area contributed by atoms with Crippen LogP contribution in [0, 0.1) is 10.1 Å². The van der Waals surface area contributed by atoms with Crippen LogP contribution in [0.15, 0.2) is 58.3 Å². The first-order valence-corrected chi connectivity index (χ1v) is 12.8. The number of piperazine rings is 1. The van der Waals surface area contributed by atoms with Crippen LogP contribution in [-0.2, 0) is 14.4 Å².